The highest BCUT2D eigenvalue weighted by atomic mass is 16.6. The lowest BCUT2D eigenvalue weighted by molar-refractivity contribution is 0.0600. The molecule has 0 heterocycles. The summed E-state index contributed by atoms with van der Waals surface area (Å²) in [6.07, 6.45) is 7.18. The van der Waals surface area contributed by atoms with Gasteiger partial charge in [0.1, 0.15) is 5.60 Å². The van der Waals surface area contributed by atoms with Crippen molar-refractivity contribution in [2.45, 2.75) is 71.8 Å². The predicted octanol–water partition coefficient (Wildman–Crippen LogP) is 3.47. The Hall–Kier alpha value is -0.770. The van der Waals surface area contributed by atoms with Crippen LogP contribution in [0.3, 0.4) is 0 Å². The van der Waals surface area contributed by atoms with E-state index in [1.54, 1.807) is 20.8 Å². The standard InChI is InChI=1S/C10H20O.C5H11NO2/c1-9-4-6-10(7-5-9)3-2-8-11;1-5(2,3)8-4(6)7/h9-11H,2-8H2,1H3;1-3H3,(H2,6,7). The number of aliphatic hydroxyl groups excluding tert-OH is 1. The molecule has 19 heavy (non-hydrogen) atoms. The number of aliphatic hydroxyl groups is 1. The van der Waals surface area contributed by atoms with E-state index in [0.29, 0.717) is 6.61 Å². The number of ether oxygens (including phenoxy) is 1. The first-order valence-electron chi connectivity index (χ1n) is 7.34. The number of hydrogen-bond donors (Lipinski definition) is 2. The van der Waals surface area contributed by atoms with E-state index in [1.807, 2.05) is 0 Å². The van der Waals surface area contributed by atoms with Crippen molar-refractivity contribution in [3.05, 3.63) is 0 Å². The monoisotopic (exact) mass is 273 g/mol. The maximum atomic E-state index is 10.0. The Morgan fingerprint density at radius 1 is 1.26 bits per heavy atom. The molecule has 0 aromatic carbocycles. The van der Waals surface area contributed by atoms with Gasteiger partial charge in [-0.3, -0.25) is 0 Å². The number of nitrogens with two attached hydrogens (primary N) is 1. The first-order valence-corrected chi connectivity index (χ1v) is 7.34. The molecule has 0 aliphatic heterocycles. The van der Waals surface area contributed by atoms with Gasteiger partial charge < -0.3 is 15.6 Å². The summed E-state index contributed by atoms with van der Waals surface area (Å²) in [6.45, 7) is 8.02. The van der Waals surface area contributed by atoms with Gasteiger partial charge in [-0.15, -0.1) is 0 Å². The van der Waals surface area contributed by atoms with Gasteiger partial charge in [-0.05, 0) is 45.4 Å². The normalized spacial score (nSPS) is 23.2. The minimum Gasteiger partial charge on any atom is -0.444 e. The van der Waals surface area contributed by atoms with Crippen molar-refractivity contribution >= 4 is 6.09 Å². The molecule has 1 saturated carbocycles. The maximum absolute atomic E-state index is 10.0. The summed E-state index contributed by atoms with van der Waals surface area (Å²) < 4.78 is 4.58. The third-order valence-corrected chi connectivity index (χ3v) is 3.31. The van der Waals surface area contributed by atoms with Gasteiger partial charge in [0.05, 0.1) is 0 Å². The zero-order chi connectivity index (χ0) is 14.9. The van der Waals surface area contributed by atoms with E-state index in [-0.39, 0.29) is 0 Å². The lowest BCUT2D eigenvalue weighted by atomic mass is 9.81. The third kappa shape index (κ3) is 12.0. The SMILES string of the molecule is CC(C)(C)OC(N)=O.CC1CCC(CCCO)CC1. The number of primary amides is 1. The van der Waals surface area contributed by atoms with Crippen molar-refractivity contribution in [3.8, 4) is 0 Å². The Bertz CT molecular complexity index is 238. The van der Waals surface area contributed by atoms with Crippen LogP contribution in [-0.4, -0.2) is 23.4 Å². The summed E-state index contributed by atoms with van der Waals surface area (Å²) in [4.78, 5) is 10.0. The van der Waals surface area contributed by atoms with Gasteiger partial charge >= 0.3 is 6.09 Å². The number of hydrogen-bond acceptors (Lipinski definition) is 3. The van der Waals surface area contributed by atoms with E-state index in [1.165, 1.54) is 32.1 Å². The summed E-state index contributed by atoms with van der Waals surface area (Å²) in [5.41, 5.74) is 4.26. The van der Waals surface area contributed by atoms with Gasteiger partial charge in [-0.25, -0.2) is 4.79 Å². The molecule has 0 bridgehead atoms. The summed E-state index contributed by atoms with van der Waals surface area (Å²) in [6, 6.07) is 0. The van der Waals surface area contributed by atoms with Crippen LogP contribution < -0.4 is 5.73 Å². The molecular weight excluding hydrogens is 242 g/mol. The molecule has 1 aliphatic rings. The second-order valence-electron chi connectivity index (χ2n) is 6.53. The topological polar surface area (TPSA) is 72.5 Å². The zero-order valence-electron chi connectivity index (χ0n) is 12.9. The minimum atomic E-state index is -0.725. The molecule has 1 rings (SSSR count). The number of carbonyl (C=O) groups is 1. The Labute approximate surface area is 117 Å². The Balaban J connectivity index is 0.000000362. The maximum Gasteiger partial charge on any atom is 0.405 e. The number of rotatable bonds is 3. The second kappa shape index (κ2) is 9.18. The van der Waals surface area contributed by atoms with Crippen LogP contribution in [-0.2, 0) is 4.74 Å². The van der Waals surface area contributed by atoms with Crippen molar-refractivity contribution in [1.29, 1.82) is 0 Å². The fourth-order valence-electron chi connectivity index (χ4n) is 2.30. The van der Waals surface area contributed by atoms with E-state index < -0.39 is 11.7 Å². The van der Waals surface area contributed by atoms with Crippen molar-refractivity contribution in [2.24, 2.45) is 17.6 Å². The molecule has 3 N–H and O–H groups in total. The van der Waals surface area contributed by atoms with Crippen molar-refractivity contribution in [2.75, 3.05) is 6.61 Å². The quantitative estimate of drug-likeness (QED) is 0.827. The van der Waals surface area contributed by atoms with Crippen molar-refractivity contribution in [1.82, 2.24) is 0 Å². The minimum absolute atomic E-state index is 0.381. The van der Waals surface area contributed by atoms with Gasteiger partial charge in [0, 0.05) is 6.61 Å². The second-order valence-corrected chi connectivity index (χ2v) is 6.53. The molecule has 0 aromatic heterocycles. The molecule has 1 aliphatic carbocycles. The highest BCUT2D eigenvalue weighted by molar-refractivity contribution is 5.65. The van der Waals surface area contributed by atoms with Gasteiger partial charge in [0.2, 0.25) is 0 Å². The molecule has 0 spiro atoms. The molecule has 1 amide bonds. The molecule has 0 radical (unpaired) electrons. The van der Waals surface area contributed by atoms with Gasteiger partial charge in [-0.2, -0.15) is 0 Å². The average Bonchev–Trinajstić information content (AvgIpc) is 2.26. The Kier molecular flexibility index (Phi) is 8.81. The van der Waals surface area contributed by atoms with Crippen LogP contribution in [0.25, 0.3) is 0 Å². The number of carbonyl (C=O) groups excluding carboxylic acids is 1. The largest absolute Gasteiger partial charge is 0.444 e. The van der Waals surface area contributed by atoms with Crippen LogP contribution in [0.15, 0.2) is 0 Å². The van der Waals surface area contributed by atoms with Gasteiger partial charge in [0.25, 0.3) is 0 Å². The van der Waals surface area contributed by atoms with E-state index in [4.69, 9.17) is 10.8 Å². The number of amides is 1. The highest BCUT2D eigenvalue weighted by Crippen LogP contribution is 2.30. The first kappa shape index (κ1) is 18.2. The molecule has 0 unspecified atom stereocenters. The summed E-state index contributed by atoms with van der Waals surface area (Å²) in [5, 5.41) is 8.65. The lowest BCUT2D eigenvalue weighted by Crippen LogP contribution is -2.27. The third-order valence-electron chi connectivity index (χ3n) is 3.31. The van der Waals surface area contributed by atoms with Crippen LogP contribution in [0.5, 0.6) is 0 Å². The van der Waals surface area contributed by atoms with Crippen LogP contribution in [0.2, 0.25) is 0 Å². The smallest absolute Gasteiger partial charge is 0.405 e. The highest BCUT2D eigenvalue weighted by Gasteiger charge is 2.17. The molecule has 0 aromatic rings. The van der Waals surface area contributed by atoms with Crippen molar-refractivity contribution < 1.29 is 14.6 Å². The van der Waals surface area contributed by atoms with Crippen LogP contribution in [0.1, 0.15) is 66.2 Å². The van der Waals surface area contributed by atoms with E-state index in [9.17, 15) is 4.79 Å². The van der Waals surface area contributed by atoms with E-state index >= 15 is 0 Å². The fraction of sp³-hybridized carbons (Fsp3) is 0.933. The Morgan fingerprint density at radius 2 is 1.79 bits per heavy atom. The van der Waals surface area contributed by atoms with Crippen LogP contribution in [0, 0.1) is 11.8 Å². The van der Waals surface area contributed by atoms with Crippen LogP contribution in [0.4, 0.5) is 4.79 Å². The molecule has 0 saturated heterocycles. The average molecular weight is 273 g/mol. The summed E-state index contributed by atoms with van der Waals surface area (Å²) in [7, 11) is 0. The predicted molar refractivity (Wildman–Crippen MR) is 77.9 cm³/mol. The Morgan fingerprint density at radius 3 is 2.11 bits per heavy atom. The van der Waals surface area contributed by atoms with Gasteiger partial charge in [0.15, 0.2) is 0 Å². The first-order chi connectivity index (χ1) is 8.74. The lowest BCUT2D eigenvalue weighted by Gasteiger charge is -2.25. The zero-order valence-corrected chi connectivity index (χ0v) is 12.9. The van der Waals surface area contributed by atoms with E-state index in [0.717, 1.165) is 18.3 Å². The summed E-state index contributed by atoms with van der Waals surface area (Å²) >= 11 is 0. The molecule has 0 atom stereocenters. The molecule has 114 valence electrons. The van der Waals surface area contributed by atoms with E-state index in [2.05, 4.69) is 11.7 Å². The van der Waals surface area contributed by atoms with Crippen LogP contribution >= 0.6 is 0 Å². The summed E-state index contributed by atoms with van der Waals surface area (Å²) in [5.74, 6) is 1.89. The molecular formula is C15H31NO3. The molecule has 1 fully saturated rings. The fourth-order valence-corrected chi connectivity index (χ4v) is 2.30. The van der Waals surface area contributed by atoms with Crippen molar-refractivity contribution in [3.63, 3.8) is 0 Å². The molecule has 4 heteroatoms. The van der Waals surface area contributed by atoms with Gasteiger partial charge in [-0.1, -0.05) is 32.6 Å². The molecule has 4 nitrogen and oxygen atoms in total.